The number of Topliss-reactive ketones (excluding diaryl/α,β-unsaturated/α-hetero) is 1. The van der Waals surface area contributed by atoms with Crippen molar-refractivity contribution in [1.29, 1.82) is 0 Å². The van der Waals surface area contributed by atoms with Gasteiger partial charge in [0, 0.05) is 23.3 Å². The van der Waals surface area contributed by atoms with Crippen molar-refractivity contribution in [3.05, 3.63) is 35.5 Å². The van der Waals surface area contributed by atoms with Gasteiger partial charge in [-0.1, -0.05) is 24.6 Å². The number of carbonyl (C=O) groups excluding carboxylic acids is 3. The van der Waals surface area contributed by atoms with Crippen LogP contribution in [-0.2, 0) is 23.9 Å². The lowest BCUT2D eigenvalue weighted by atomic mass is 9.47. The first-order valence-corrected chi connectivity index (χ1v) is 10.2. The Kier molecular flexibility index (Phi) is 3.57. The molecule has 1 saturated heterocycles. The van der Waals surface area contributed by atoms with Crippen LogP contribution in [0.2, 0.25) is 0 Å². The van der Waals surface area contributed by atoms with Gasteiger partial charge in [0.05, 0.1) is 6.10 Å². The molecule has 5 rings (SSSR count). The highest BCUT2D eigenvalue weighted by molar-refractivity contribution is 6.01. The van der Waals surface area contributed by atoms with E-state index < -0.39 is 5.97 Å². The fraction of sp³-hybridized carbons (Fsp3) is 0.609. The highest BCUT2D eigenvalue weighted by Gasteiger charge is 2.78. The molecule has 0 bridgehead atoms. The number of ether oxygens (including phenoxy) is 2. The van der Waals surface area contributed by atoms with Crippen molar-refractivity contribution in [1.82, 2.24) is 0 Å². The van der Waals surface area contributed by atoms with Crippen molar-refractivity contribution in [2.45, 2.75) is 58.2 Å². The molecule has 5 nitrogen and oxygen atoms in total. The highest BCUT2D eigenvalue weighted by atomic mass is 16.6. The summed E-state index contributed by atoms with van der Waals surface area (Å²) in [6, 6.07) is 0. The number of carbonyl (C=O) groups is 3. The van der Waals surface area contributed by atoms with E-state index >= 15 is 0 Å². The molecule has 2 saturated carbocycles. The topological polar surface area (TPSA) is 73.0 Å². The SMILES string of the molecule is CC(=O)OCC(=O)C1=CC[C@H]2[C@@H]3CCC4=CC(=O)C=C[C@]4(C)[C@]34OC4C[C@]12C. The standard InChI is InChI=1S/C23H26O5/c1-13(24)27-12-19(26)18-7-6-16-17-5-4-14-10-15(25)8-9-22(14,3)23(17)20(28-23)11-21(16,18)2/h7-10,16-17,20H,4-6,11-12H2,1-3H3/t16-,17-,20?,21-,22-,23-/m0/s1. The summed E-state index contributed by atoms with van der Waals surface area (Å²) in [5.74, 6) is 0.249. The van der Waals surface area contributed by atoms with Gasteiger partial charge in [0.15, 0.2) is 18.2 Å². The van der Waals surface area contributed by atoms with E-state index in [1.54, 1.807) is 12.2 Å². The molecule has 4 aliphatic carbocycles. The number of epoxide rings is 1. The normalized spacial score (nSPS) is 45.1. The van der Waals surface area contributed by atoms with Gasteiger partial charge >= 0.3 is 5.97 Å². The van der Waals surface area contributed by atoms with E-state index in [0.29, 0.717) is 11.8 Å². The van der Waals surface area contributed by atoms with Crippen molar-refractivity contribution >= 4 is 17.5 Å². The van der Waals surface area contributed by atoms with Gasteiger partial charge in [0.25, 0.3) is 0 Å². The summed E-state index contributed by atoms with van der Waals surface area (Å²) in [4.78, 5) is 35.8. The first kappa shape index (κ1) is 18.0. The summed E-state index contributed by atoms with van der Waals surface area (Å²) >= 11 is 0. The molecule has 0 aromatic heterocycles. The summed E-state index contributed by atoms with van der Waals surface area (Å²) in [6.07, 6.45) is 11.3. The van der Waals surface area contributed by atoms with Crippen molar-refractivity contribution in [3.8, 4) is 0 Å². The molecule has 28 heavy (non-hydrogen) atoms. The third-order valence-corrected chi connectivity index (χ3v) is 8.22. The summed E-state index contributed by atoms with van der Waals surface area (Å²) in [5.41, 5.74) is 1.28. The van der Waals surface area contributed by atoms with Crippen molar-refractivity contribution in [3.63, 3.8) is 0 Å². The Bertz CT molecular complexity index is 895. The highest BCUT2D eigenvalue weighted by Crippen LogP contribution is 2.74. The Morgan fingerprint density at radius 2 is 2.07 bits per heavy atom. The van der Waals surface area contributed by atoms with E-state index in [1.165, 1.54) is 12.5 Å². The van der Waals surface area contributed by atoms with Gasteiger partial charge in [-0.2, -0.15) is 0 Å². The molecule has 0 radical (unpaired) electrons. The van der Waals surface area contributed by atoms with Crippen LogP contribution in [0.15, 0.2) is 35.5 Å². The van der Waals surface area contributed by atoms with Crippen LogP contribution in [-0.4, -0.2) is 35.8 Å². The zero-order chi connectivity index (χ0) is 19.9. The van der Waals surface area contributed by atoms with E-state index in [-0.39, 0.29) is 40.7 Å². The zero-order valence-electron chi connectivity index (χ0n) is 16.6. The maximum absolute atomic E-state index is 12.8. The second-order valence-corrected chi connectivity index (χ2v) is 9.44. The molecule has 148 valence electrons. The van der Waals surface area contributed by atoms with Crippen LogP contribution in [0, 0.1) is 22.7 Å². The molecule has 0 aromatic rings. The minimum Gasteiger partial charge on any atom is -0.457 e. The summed E-state index contributed by atoms with van der Waals surface area (Å²) < 4.78 is 11.4. The molecule has 1 aliphatic heterocycles. The van der Waals surface area contributed by atoms with Crippen LogP contribution in [0.5, 0.6) is 0 Å². The predicted molar refractivity (Wildman–Crippen MR) is 101 cm³/mol. The summed E-state index contributed by atoms with van der Waals surface area (Å²) in [5, 5.41) is 0. The third kappa shape index (κ3) is 2.08. The average molecular weight is 382 g/mol. The van der Waals surface area contributed by atoms with E-state index in [2.05, 4.69) is 26.0 Å². The molecule has 0 amide bonds. The van der Waals surface area contributed by atoms with E-state index in [4.69, 9.17) is 9.47 Å². The molecule has 1 unspecified atom stereocenters. The largest absolute Gasteiger partial charge is 0.457 e. The van der Waals surface area contributed by atoms with Gasteiger partial charge in [-0.3, -0.25) is 14.4 Å². The average Bonchev–Trinajstić information content (AvgIpc) is 3.25. The van der Waals surface area contributed by atoms with Crippen LogP contribution < -0.4 is 0 Å². The first-order chi connectivity index (χ1) is 13.2. The molecular formula is C23H26O5. The Labute approximate surface area is 164 Å². The maximum Gasteiger partial charge on any atom is 0.303 e. The number of esters is 1. The van der Waals surface area contributed by atoms with Gasteiger partial charge in [0.1, 0.15) is 5.60 Å². The molecule has 0 aromatic carbocycles. The molecule has 3 fully saturated rings. The lowest BCUT2D eigenvalue weighted by molar-refractivity contribution is -0.145. The minimum atomic E-state index is -0.431. The first-order valence-electron chi connectivity index (χ1n) is 10.2. The third-order valence-electron chi connectivity index (χ3n) is 8.22. The molecule has 1 heterocycles. The number of fused-ring (bicyclic) bond motifs is 3. The fourth-order valence-corrected chi connectivity index (χ4v) is 6.90. The zero-order valence-corrected chi connectivity index (χ0v) is 16.6. The lowest BCUT2D eigenvalue weighted by Crippen LogP contribution is -2.56. The Balaban J connectivity index is 1.46. The number of rotatable bonds is 3. The van der Waals surface area contributed by atoms with Crippen LogP contribution in [0.25, 0.3) is 0 Å². The molecule has 6 atom stereocenters. The molecule has 5 aliphatic rings. The van der Waals surface area contributed by atoms with Gasteiger partial charge < -0.3 is 9.47 Å². The predicted octanol–water partition coefficient (Wildman–Crippen LogP) is 3.09. The fourth-order valence-electron chi connectivity index (χ4n) is 6.90. The van der Waals surface area contributed by atoms with Crippen molar-refractivity contribution in [2.75, 3.05) is 6.61 Å². The smallest absolute Gasteiger partial charge is 0.303 e. The van der Waals surface area contributed by atoms with E-state index in [0.717, 1.165) is 31.3 Å². The van der Waals surface area contributed by atoms with E-state index in [9.17, 15) is 14.4 Å². The van der Waals surface area contributed by atoms with Gasteiger partial charge in [0.2, 0.25) is 0 Å². The van der Waals surface area contributed by atoms with Crippen LogP contribution >= 0.6 is 0 Å². The maximum atomic E-state index is 12.8. The summed E-state index contributed by atoms with van der Waals surface area (Å²) in [7, 11) is 0. The second-order valence-electron chi connectivity index (χ2n) is 9.44. The van der Waals surface area contributed by atoms with Crippen LogP contribution in [0.1, 0.15) is 46.5 Å². The quantitative estimate of drug-likeness (QED) is 0.554. The van der Waals surface area contributed by atoms with Gasteiger partial charge in [-0.25, -0.2) is 0 Å². The van der Waals surface area contributed by atoms with E-state index in [1.807, 2.05) is 0 Å². The molecular weight excluding hydrogens is 356 g/mol. The molecule has 0 N–H and O–H groups in total. The molecule has 1 spiro atoms. The number of hydrogen-bond donors (Lipinski definition) is 0. The summed E-state index contributed by atoms with van der Waals surface area (Å²) in [6.45, 7) is 5.54. The number of hydrogen-bond acceptors (Lipinski definition) is 5. The Hall–Kier alpha value is -2.01. The van der Waals surface area contributed by atoms with Crippen LogP contribution in [0.3, 0.4) is 0 Å². The van der Waals surface area contributed by atoms with Crippen molar-refractivity contribution in [2.24, 2.45) is 22.7 Å². The second kappa shape index (κ2) is 5.53. The van der Waals surface area contributed by atoms with Gasteiger partial charge in [-0.05, 0) is 56.6 Å². The minimum absolute atomic E-state index is 0.0704. The Morgan fingerprint density at radius 3 is 2.82 bits per heavy atom. The molecule has 5 heteroatoms. The monoisotopic (exact) mass is 382 g/mol. The number of allylic oxidation sites excluding steroid dienone is 3. The Morgan fingerprint density at radius 1 is 1.29 bits per heavy atom. The number of ketones is 2. The van der Waals surface area contributed by atoms with Crippen LogP contribution in [0.4, 0.5) is 0 Å². The van der Waals surface area contributed by atoms with Gasteiger partial charge in [-0.15, -0.1) is 0 Å². The van der Waals surface area contributed by atoms with Crippen molar-refractivity contribution < 1.29 is 23.9 Å². The lowest BCUT2D eigenvalue weighted by Gasteiger charge is -2.54.